The molecule has 0 N–H and O–H groups in total. The highest BCUT2D eigenvalue weighted by molar-refractivity contribution is 7.99. The van der Waals surface area contributed by atoms with E-state index in [2.05, 4.69) is 348 Å². The van der Waals surface area contributed by atoms with Crippen molar-refractivity contribution in [3.63, 3.8) is 0 Å². The third kappa shape index (κ3) is 9.92. The molecule has 17 rings (SSSR count). The van der Waals surface area contributed by atoms with Crippen molar-refractivity contribution in [3.05, 3.63) is 331 Å². The van der Waals surface area contributed by atoms with Crippen molar-refractivity contribution >= 4 is 125 Å². The Balaban J connectivity index is 0.769. The third-order valence-corrected chi connectivity index (χ3v) is 23.7. The van der Waals surface area contributed by atoms with Gasteiger partial charge in [-0.3, -0.25) is 0 Å². The van der Waals surface area contributed by atoms with Crippen LogP contribution in [0.5, 0.6) is 0 Å². The van der Waals surface area contributed by atoms with Gasteiger partial charge < -0.3 is 18.6 Å². The number of aryl methyl sites for hydroxylation is 3. The van der Waals surface area contributed by atoms with Crippen LogP contribution in [0.2, 0.25) is 0 Å². The first-order valence-corrected chi connectivity index (χ1v) is 35.0. The lowest BCUT2D eigenvalue weighted by atomic mass is 9.81. The molecule has 0 atom stereocenters. The Morgan fingerprint density at radius 3 is 1.23 bits per heavy atom. The normalized spacial score (nSPS) is 12.5. The lowest BCUT2D eigenvalue weighted by Gasteiger charge is -2.30. The molecule has 0 radical (unpaired) electrons. The molecule has 2 aromatic heterocycles. The number of hydrogen-bond acceptors (Lipinski definition) is 5. The van der Waals surface area contributed by atoms with Gasteiger partial charge in [0.05, 0.1) is 17.1 Å². The van der Waals surface area contributed by atoms with Gasteiger partial charge in [-0.15, -0.1) is 0 Å². The van der Waals surface area contributed by atoms with Crippen molar-refractivity contribution in [2.24, 2.45) is 0 Å². The quantitative estimate of drug-likeness (QED) is 0.0849. The summed E-state index contributed by atoms with van der Waals surface area (Å²) in [7, 11) is -1.73. The van der Waals surface area contributed by atoms with E-state index in [1.165, 1.54) is 80.8 Å². The van der Waals surface area contributed by atoms with Crippen molar-refractivity contribution < 1.29 is 8.83 Å². The summed E-state index contributed by atoms with van der Waals surface area (Å²) < 4.78 is 13.8. The number of rotatable bonds is 13. The summed E-state index contributed by atoms with van der Waals surface area (Å²) in [6.07, 6.45) is 0. The van der Waals surface area contributed by atoms with Crippen molar-refractivity contribution in [1.82, 2.24) is 0 Å². The van der Waals surface area contributed by atoms with E-state index in [1.807, 2.05) is 0 Å². The summed E-state index contributed by atoms with van der Waals surface area (Å²) in [5.74, 6) is 0. The van der Waals surface area contributed by atoms with Gasteiger partial charge in [0, 0.05) is 59.2 Å². The van der Waals surface area contributed by atoms with Gasteiger partial charge in [0.15, 0.2) is 11.2 Å². The largest absolute Gasteiger partial charge is 0.454 e. The second-order valence-electron chi connectivity index (χ2n) is 25.8. The van der Waals surface area contributed by atoms with E-state index in [9.17, 15) is 0 Å². The highest BCUT2D eigenvalue weighted by Crippen LogP contribution is 2.57. The molecular formula is C88H66N2O2SSi. The van der Waals surface area contributed by atoms with E-state index in [1.54, 1.807) is 11.8 Å². The van der Waals surface area contributed by atoms with Gasteiger partial charge in [-0.1, -0.05) is 270 Å². The second kappa shape index (κ2) is 23.0. The number of para-hydroxylation sites is 4. The van der Waals surface area contributed by atoms with E-state index in [0.717, 1.165) is 94.5 Å². The average Bonchev–Trinajstić information content (AvgIpc) is 1.53. The van der Waals surface area contributed by atoms with Crippen molar-refractivity contribution in [3.8, 4) is 33.4 Å². The van der Waals surface area contributed by atoms with Crippen LogP contribution in [0.3, 0.4) is 0 Å². The zero-order valence-corrected chi connectivity index (χ0v) is 55.0. The maximum absolute atomic E-state index is 6.93. The zero-order chi connectivity index (χ0) is 63.2. The summed E-state index contributed by atoms with van der Waals surface area (Å²) in [4.78, 5) is 7.28. The lowest BCUT2D eigenvalue weighted by molar-refractivity contribution is 0.660. The Bertz CT molecular complexity index is 5510. The van der Waals surface area contributed by atoms with Crippen LogP contribution in [0.4, 0.5) is 34.1 Å². The minimum absolute atomic E-state index is 0.432. The van der Waals surface area contributed by atoms with E-state index in [4.69, 9.17) is 8.83 Å². The van der Waals surface area contributed by atoms with E-state index >= 15 is 0 Å². The molecule has 2 heterocycles. The van der Waals surface area contributed by atoms with Gasteiger partial charge in [-0.25, -0.2) is 0 Å². The van der Waals surface area contributed by atoms with Crippen LogP contribution in [0.1, 0.15) is 41.7 Å². The third-order valence-electron chi connectivity index (χ3n) is 19.5. The smallest absolute Gasteiger partial charge is 0.159 e. The van der Waals surface area contributed by atoms with E-state index in [0.29, 0.717) is 0 Å². The molecule has 0 amide bonds. The molecule has 4 nitrogen and oxygen atoms in total. The van der Waals surface area contributed by atoms with Crippen LogP contribution in [0.15, 0.2) is 322 Å². The van der Waals surface area contributed by atoms with Crippen LogP contribution in [-0.4, -0.2) is 8.80 Å². The minimum atomic E-state index is -1.73. The van der Waals surface area contributed by atoms with Crippen LogP contribution < -0.4 is 25.4 Å². The van der Waals surface area contributed by atoms with Crippen molar-refractivity contribution in [1.29, 1.82) is 0 Å². The van der Waals surface area contributed by atoms with Crippen molar-refractivity contribution in [2.75, 3.05) is 9.80 Å². The average molecular weight is 1240 g/mol. The lowest BCUT2D eigenvalue weighted by Crippen LogP contribution is -2.51. The fourth-order valence-electron chi connectivity index (χ4n) is 14.6. The number of furan rings is 2. The number of fused-ring (bicyclic) bond motifs is 11. The topological polar surface area (TPSA) is 32.8 Å². The Kier molecular flexibility index (Phi) is 14.0. The molecule has 94 heavy (non-hydrogen) atoms. The van der Waals surface area contributed by atoms with Crippen LogP contribution in [0.25, 0.3) is 88.0 Å². The molecular weight excluding hydrogens is 1180 g/mol. The van der Waals surface area contributed by atoms with Gasteiger partial charge in [-0.05, 0) is 162 Å². The molecule has 1 aliphatic carbocycles. The molecule has 0 fully saturated rings. The molecule has 14 aromatic carbocycles. The Labute approximate surface area is 554 Å². The standard InChI is InChI=1S/C88H66N2O2SSi/c1-56-24-43-66(44-25-56)93-67-45-34-61(35-46-67)59-32-40-64(41-33-59)90(81-21-13-19-76-73-16-9-11-23-84(73)92-87(76)81)82-55-79-85(74-17-7-6-14-71(74)82)77-53-42-65(54-78(77)88(79,4)5)89(80-20-12-18-75-72-15-8-10-22-83(72)91-86(75)80)63-38-30-60(31-39-63)62-36-51-70(52-37-62)94(68-47-26-57(2)27-48-68)69-49-28-58(3)29-50-69/h6-55,94H,1-5H3. The summed E-state index contributed by atoms with van der Waals surface area (Å²) >= 11 is 1.79. The van der Waals surface area contributed by atoms with Gasteiger partial charge in [0.1, 0.15) is 20.0 Å². The number of anilines is 6. The van der Waals surface area contributed by atoms with Crippen LogP contribution >= 0.6 is 11.8 Å². The van der Waals surface area contributed by atoms with Crippen LogP contribution in [-0.2, 0) is 5.41 Å². The summed E-state index contributed by atoms with van der Waals surface area (Å²) in [5, 5.41) is 11.0. The molecule has 0 aliphatic heterocycles. The zero-order valence-electron chi connectivity index (χ0n) is 53.1. The molecule has 0 saturated heterocycles. The first-order chi connectivity index (χ1) is 46.1. The minimum Gasteiger partial charge on any atom is -0.454 e. The fraction of sp³-hybridized carbons (Fsp3) is 0.0682. The van der Waals surface area contributed by atoms with Crippen molar-refractivity contribution in [2.45, 2.75) is 49.8 Å². The monoisotopic (exact) mass is 1240 g/mol. The number of benzene rings is 14. The fourth-order valence-corrected chi connectivity index (χ4v) is 18.3. The van der Waals surface area contributed by atoms with Gasteiger partial charge in [-0.2, -0.15) is 0 Å². The highest BCUT2D eigenvalue weighted by Gasteiger charge is 2.39. The highest BCUT2D eigenvalue weighted by atomic mass is 32.2. The summed E-state index contributed by atoms with van der Waals surface area (Å²) in [5.41, 5.74) is 22.7. The van der Waals surface area contributed by atoms with Gasteiger partial charge >= 0.3 is 0 Å². The Hall–Kier alpha value is -10.9. The molecule has 6 heteroatoms. The molecule has 0 saturated carbocycles. The summed E-state index contributed by atoms with van der Waals surface area (Å²) in [6, 6.07) is 112. The van der Waals surface area contributed by atoms with E-state index in [-0.39, 0.29) is 0 Å². The SMILES string of the molecule is Cc1ccc(Sc2ccc(-c3ccc(N(c4cc5c(c6ccccc46)-c4ccc(N(c6ccc(-c7ccc([SiH](c8ccc(C)cc8)c8ccc(C)cc8)cc7)cc6)c6cccc7c6oc6ccccc67)cc4C5(C)C)c4cccc5c4oc4ccccc45)cc3)cc2)cc1. The molecule has 450 valence electrons. The maximum Gasteiger partial charge on any atom is 0.159 e. The Morgan fingerprint density at radius 2 is 0.713 bits per heavy atom. The molecule has 0 spiro atoms. The van der Waals surface area contributed by atoms with E-state index < -0.39 is 14.2 Å². The number of hydrogen-bond donors (Lipinski definition) is 0. The first kappa shape index (κ1) is 57.0. The van der Waals surface area contributed by atoms with Crippen LogP contribution in [0, 0.1) is 20.8 Å². The summed E-state index contributed by atoms with van der Waals surface area (Å²) in [6.45, 7) is 11.3. The maximum atomic E-state index is 6.93. The number of nitrogens with zero attached hydrogens (tertiary/aromatic N) is 2. The van der Waals surface area contributed by atoms with Gasteiger partial charge in [0.25, 0.3) is 0 Å². The predicted octanol–water partition coefficient (Wildman–Crippen LogP) is 22.5. The molecule has 0 unspecified atom stereocenters. The molecule has 16 aromatic rings. The predicted molar refractivity (Wildman–Crippen MR) is 400 cm³/mol. The van der Waals surface area contributed by atoms with Gasteiger partial charge in [0.2, 0.25) is 0 Å². The first-order valence-electron chi connectivity index (χ1n) is 32.5. The second-order valence-corrected chi connectivity index (χ2v) is 29.8. The molecule has 1 aliphatic rings. The molecule has 0 bridgehead atoms. The Morgan fingerprint density at radius 1 is 0.319 bits per heavy atom.